The van der Waals surface area contributed by atoms with Crippen molar-refractivity contribution in [1.82, 2.24) is 5.43 Å². The number of hydrogen-bond acceptors (Lipinski definition) is 2. The first kappa shape index (κ1) is 5.25. The highest BCUT2D eigenvalue weighted by atomic mass is 32.1. The number of nitrogens with zero attached hydrogens (tertiary/aromatic N) is 1. The van der Waals surface area contributed by atoms with Gasteiger partial charge in [-0.25, -0.2) is 5.43 Å². The van der Waals surface area contributed by atoms with Gasteiger partial charge in [0.1, 0.15) is 0 Å². The molecule has 0 amide bonds. The van der Waals surface area contributed by atoms with E-state index >= 15 is 0 Å². The lowest BCUT2D eigenvalue weighted by molar-refractivity contribution is 0.600. The van der Waals surface area contributed by atoms with Crippen molar-refractivity contribution in [3.63, 3.8) is 0 Å². The lowest BCUT2D eigenvalue weighted by Crippen LogP contribution is -2.24. The summed E-state index contributed by atoms with van der Waals surface area (Å²) in [6.45, 7) is 4.34. The molecule has 2 atom stereocenters. The van der Waals surface area contributed by atoms with E-state index in [1.165, 1.54) is 11.6 Å². The van der Waals surface area contributed by atoms with Crippen LogP contribution in [0.4, 0.5) is 0 Å². The maximum atomic E-state index is 3.97. The van der Waals surface area contributed by atoms with Crippen molar-refractivity contribution in [3.8, 4) is 0 Å². The molecule has 1 rings (SSSR count). The van der Waals surface area contributed by atoms with Gasteiger partial charge in [0.25, 0.3) is 0 Å². The molecule has 0 aromatic heterocycles. The normalized spacial score (nSPS) is 40.9. The van der Waals surface area contributed by atoms with E-state index in [2.05, 4.69) is 23.7 Å². The fourth-order valence-corrected chi connectivity index (χ4v) is 1.12. The molecular formula is C4H10N2S. The van der Waals surface area contributed by atoms with Crippen molar-refractivity contribution >= 4 is 11.6 Å². The van der Waals surface area contributed by atoms with E-state index in [0.717, 1.165) is 0 Å². The molecule has 2 unspecified atom stereocenters. The molecule has 0 aliphatic carbocycles. The maximum absolute atomic E-state index is 3.97. The monoisotopic (exact) mass is 118 g/mol. The first-order valence-electron chi connectivity index (χ1n) is 2.46. The van der Waals surface area contributed by atoms with Crippen molar-refractivity contribution in [1.29, 1.82) is 0 Å². The van der Waals surface area contributed by atoms with Gasteiger partial charge in [-0.1, -0.05) is 18.5 Å². The maximum Gasteiger partial charge on any atom is 0.0383 e. The van der Waals surface area contributed by atoms with Crippen LogP contribution < -0.4 is 5.43 Å². The van der Waals surface area contributed by atoms with Gasteiger partial charge in [-0.15, -0.1) is 0 Å². The van der Waals surface area contributed by atoms with Crippen LogP contribution in [0.15, 0.2) is 4.47 Å². The molecule has 0 saturated carbocycles. The Morgan fingerprint density at radius 1 is 1.57 bits per heavy atom. The Kier molecular flexibility index (Phi) is 1.44. The van der Waals surface area contributed by atoms with Crippen LogP contribution in [0.1, 0.15) is 13.8 Å². The summed E-state index contributed by atoms with van der Waals surface area (Å²) in [6.07, 6.45) is 0. The lowest BCUT2D eigenvalue weighted by atomic mass is 10.3. The highest BCUT2D eigenvalue weighted by Crippen LogP contribution is 2.00. The van der Waals surface area contributed by atoms with Crippen molar-refractivity contribution in [3.05, 3.63) is 0 Å². The average Bonchev–Trinajstić information content (AvgIpc) is 1.91. The van der Waals surface area contributed by atoms with E-state index in [9.17, 15) is 0 Å². The molecule has 0 bridgehead atoms. The second-order valence-electron chi connectivity index (χ2n) is 1.87. The fraction of sp³-hybridized carbons (Fsp3) is 1.00. The summed E-state index contributed by atoms with van der Waals surface area (Å²) in [5.74, 6) is 0. The average molecular weight is 118 g/mol. The molecule has 7 heavy (non-hydrogen) atoms. The third-order valence-electron chi connectivity index (χ3n) is 1.22. The standard InChI is InChI=1S/C4H10N2S/c1-3-4(2)7-6-5-3/h3-5,7H,1-2H3. The smallest absolute Gasteiger partial charge is 0.0383 e. The predicted octanol–water partition coefficient (Wildman–Crippen LogP) is 0.280. The topological polar surface area (TPSA) is 24.4 Å². The van der Waals surface area contributed by atoms with Crippen LogP contribution in [0.3, 0.4) is 0 Å². The highest BCUT2D eigenvalue weighted by Gasteiger charge is 2.12. The predicted molar refractivity (Wildman–Crippen MR) is 33.2 cm³/mol. The molecule has 1 aliphatic rings. The van der Waals surface area contributed by atoms with Gasteiger partial charge in [0, 0.05) is 11.3 Å². The van der Waals surface area contributed by atoms with Crippen LogP contribution in [-0.2, 0) is 11.6 Å². The summed E-state index contributed by atoms with van der Waals surface area (Å²) < 4.78 is 3.97. The molecule has 2 nitrogen and oxygen atoms in total. The van der Waals surface area contributed by atoms with Crippen molar-refractivity contribution in [2.75, 3.05) is 0 Å². The first-order chi connectivity index (χ1) is 3.30. The second kappa shape index (κ2) is 1.92. The third-order valence-corrected chi connectivity index (χ3v) is 2.27. The molecule has 0 fully saturated rings. The number of thiol groups is 1. The largest absolute Gasteiger partial charge is 0.204 e. The van der Waals surface area contributed by atoms with Gasteiger partial charge in [-0.3, -0.25) is 0 Å². The Morgan fingerprint density at radius 2 is 2.29 bits per heavy atom. The van der Waals surface area contributed by atoms with Gasteiger partial charge >= 0.3 is 0 Å². The summed E-state index contributed by atoms with van der Waals surface area (Å²) in [4.78, 5) is 0. The van der Waals surface area contributed by atoms with Gasteiger partial charge in [0.15, 0.2) is 0 Å². The third kappa shape index (κ3) is 1.01. The van der Waals surface area contributed by atoms with Gasteiger partial charge in [0.05, 0.1) is 0 Å². The zero-order valence-electron chi connectivity index (χ0n) is 4.55. The molecular weight excluding hydrogens is 108 g/mol. The fourth-order valence-electron chi connectivity index (χ4n) is 0.423. The summed E-state index contributed by atoms with van der Waals surface area (Å²) in [6, 6.07) is 0.585. The Morgan fingerprint density at radius 3 is 2.43 bits per heavy atom. The molecule has 0 saturated heterocycles. The van der Waals surface area contributed by atoms with Crippen LogP contribution >= 0.6 is 0 Å². The van der Waals surface area contributed by atoms with E-state index in [-0.39, 0.29) is 0 Å². The summed E-state index contributed by atoms with van der Waals surface area (Å²) >= 11 is 1.20. The van der Waals surface area contributed by atoms with Crippen LogP contribution in [0, 0.1) is 0 Å². The van der Waals surface area contributed by atoms with Gasteiger partial charge in [0.2, 0.25) is 0 Å². The van der Waals surface area contributed by atoms with Crippen molar-refractivity contribution in [2.45, 2.75) is 25.1 Å². The van der Waals surface area contributed by atoms with E-state index in [4.69, 9.17) is 0 Å². The van der Waals surface area contributed by atoms with Gasteiger partial charge < -0.3 is 0 Å². The summed E-state index contributed by atoms with van der Waals surface area (Å²) in [7, 11) is 0. The van der Waals surface area contributed by atoms with Crippen molar-refractivity contribution < 1.29 is 0 Å². The minimum atomic E-state index is 0.585. The Balaban J connectivity index is 2.45. The zero-order valence-corrected chi connectivity index (χ0v) is 5.44. The van der Waals surface area contributed by atoms with Gasteiger partial charge in [-0.2, -0.15) is 4.47 Å². The number of rotatable bonds is 0. The zero-order chi connectivity index (χ0) is 5.28. The molecule has 0 aromatic rings. The van der Waals surface area contributed by atoms with Gasteiger partial charge in [-0.05, 0) is 6.92 Å². The molecule has 1 N–H and O–H groups in total. The summed E-state index contributed by atoms with van der Waals surface area (Å²) in [5.41, 5.74) is 2.98. The Hall–Kier alpha value is 0.110. The van der Waals surface area contributed by atoms with E-state index in [0.29, 0.717) is 11.3 Å². The summed E-state index contributed by atoms with van der Waals surface area (Å²) in [5, 5.41) is 0.708. The molecule has 0 radical (unpaired) electrons. The van der Waals surface area contributed by atoms with E-state index in [1.54, 1.807) is 0 Å². The minimum Gasteiger partial charge on any atom is -0.204 e. The molecule has 42 valence electrons. The minimum absolute atomic E-state index is 0.585. The van der Waals surface area contributed by atoms with Crippen LogP contribution in [0.25, 0.3) is 0 Å². The first-order valence-corrected chi connectivity index (χ1v) is 3.37. The Labute approximate surface area is 47.4 Å². The Bertz CT molecular complexity index is 91.7. The number of nitrogens with one attached hydrogen (secondary N) is 1. The molecule has 1 heterocycles. The second-order valence-corrected chi connectivity index (χ2v) is 3.12. The van der Waals surface area contributed by atoms with Crippen LogP contribution in [-0.4, -0.2) is 11.3 Å². The van der Waals surface area contributed by atoms with Crippen molar-refractivity contribution in [2.24, 2.45) is 4.47 Å². The van der Waals surface area contributed by atoms with E-state index in [1.807, 2.05) is 0 Å². The molecule has 3 heteroatoms. The number of hydrogen-bond donors (Lipinski definition) is 2. The SMILES string of the molecule is CC1NN=[SH]C1C. The van der Waals surface area contributed by atoms with E-state index < -0.39 is 0 Å². The molecule has 0 spiro atoms. The lowest BCUT2D eigenvalue weighted by Gasteiger charge is -2.03. The quantitative estimate of drug-likeness (QED) is 0.439. The molecule has 1 aliphatic heterocycles. The van der Waals surface area contributed by atoms with Crippen LogP contribution in [0.2, 0.25) is 0 Å². The van der Waals surface area contributed by atoms with Crippen LogP contribution in [0.5, 0.6) is 0 Å². The molecule has 0 aromatic carbocycles. The highest BCUT2D eigenvalue weighted by molar-refractivity contribution is 7.69.